The molecule has 0 atom stereocenters. The van der Waals surface area contributed by atoms with Gasteiger partial charge in [-0.25, -0.2) is 92.9 Å². The van der Waals surface area contributed by atoms with Crippen LogP contribution >= 0.6 is 54.6 Å². The molecule has 6 aromatic rings. The molecule has 0 fully saturated rings. The summed E-state index contributed by atoms with van der Waals surface area (Å²) in [6, 6.07) is 10.1. The van der Waals surface area contributed by atoms with Crippen molar-refractivity contribution in [2.24, 2.45) is 35.2 Å². The van der Waals surface area contributed by atoms with Gasteiger partial charge in [0.15, 0.2) is 71.8 Å². The second kappa shape index (κ2) is 82.0. The number of alkyl carbamates (subject to hydrolysis) is 1. The fraction of sp³-hybridized carbons (Fsp3) is 0.344. The Morgan fingerprint density at radius 1 is 0.564 bits per heavy atom. The van der Waals surface area contributed by atoms with Crippen molar-refractivity contribution in [3.05, 3.63) is 274 Å². The van der Waals surface area contributed by atoms with Crippen molar-refractivity contribution in [1.82, 2.24) is 24.5 Å². The topological polar surface area (TPSA) is 653 Å². The van der Waals surface area contributed by atoms with E-state index in [4.69, 9.17) is 76.5 Å². The van der Waals surface area contributed by atoms with Gasteiger partial charge in [-0.3, -0.25) is 28.3 Å². The highest BCUT2D eigenvalue weighted by molar-refractivity contribution is 14.1. The predicted octanol–water partition coefficient (Wildman–Crippen LogP) is -3.18. The number of carbonyl (C=O) groups is 8. The highest BCUT2D eigenvalue weighted by Gasteiger charge is 2.26. The van der Waals surface area contributed by atoms with Gasteiger partial charge < -0.3 is 95.2 Å². The van der Waals surface area contributed by atoms with Crippen molar-refractivity contribution < 1.29 is 197 Å². The summed E-state index contributed by atoms with van der Waals surface area (Å²) in [5.41, 5.74) is 14.6. The number of aldehydes is 2. The predicted molar refractivity (Wildman–Crippen MR) is 552 cm³/mol. The Morgan fingerprint density at radius 3 is 1.19 bits per heavy atom. The third-order valence-corrected chi connectivity index (χ3v) is 24.2. The molecule has 6 aromatic heterocycles. The summed E-state index contributed by atoms with van der Waals surface area (Å²) in [5.74, 6) is -4.88. The fourth-order valence-corrected chi connectivity index (χ4v) is 16.7. The zero-order valence-corrected chi connectivity index (χ0v) is 95.8. The molecule has 0 spiro atoms. The van der Waals surface area contributed by atoms with Crippen LogP contribution in [-0.4, -0.2) is 181 Å². The molecule has 0 unspecified atom stereocenters. The Morgan fingerprint density at radius 2 is 0.899 bits per heavy atom. The maximum Gasteiger partial charge on any atom is 0.407 e. The zero-order chi connectivity index (χ0) is 114. The van der Waals surface area contributed by atoms with Crippen LogP contribution in [0, 0.1) is 34.3 Å². The quantitative estimate of drug-likeness (QED) is 0.00284. The summed E-state index contributed by atoms with van der Waals surface area (Å²) in [4.78, 5) is 87.5. The monoisotopic (exact) mass is 2440 g/mol. The number of allylic oxidation sites excluding steroid dienone is 19. The molecule has 0 aromatic carbocycles. The van der Waals surface area contributed by atoms with Crippen molar-refractivity contribution >= 4 is 184 Å². The van der Waals surface area contributed by atoms with Crippen LogP contribution in [0.3, 0.4) is 0 Å². The maximum absolute atomic E-state index is 12.7. The van der Waals surface area contributed by atoms with Gasteiger partial charge in [0.2, 0.25) is 39.3 Å². The van der Waals surface area contributed by atoms with E-state index in [1.165, 1.54) is 29.2 Å². The Bertz CT molecular complexity index is 6220. The zero-order valence-electron chi connectivity index (χ0n) is 85.2. The van der Waals surface area contributed by atoms with Gasteiger partial charge in [0.05, 0.1) is 47.9 Å². The van der Waals surface area contributed by atoms with E-state index in [1.54, 1.807) is 219 Å². The Kier molecular flexibility index (Phi) is 83.1. The SMILES string of the molecule is C.C1=CCC=C1.CC(=O)[O-].CC(=O)[O-].CC(=O)[O-].CC(=O)[O-].CI.C[n+]1ccc(/C=C/C2=CC=C(/C=C/c3cc[n+](C)cc3S(=O)(=O)NCC[NH3+])C2)c(S(=O)(=O)NCC[NH3+])c1.Cc1cc[n+](C)cc1S(=O)(=O)Cl.Cc1cc[n+](C)cc1S(=O)(=O)NCCNC(=O)OC(C)(C)C.Cc1cc[n+](C)cc1S(=O)(=O)[O-].Cc1ccncc1S(=O)(=O)O.O=CC1=CC=C(C=O)C1.O=S(Cl)Cl.[2H]CF.[C-]#[N+]/C(=C\C1=CC=CC1)C(=O)OCC.[Cl-].[Cl-]. The molecule has 10 rings (SSSR count). The number of rotatable bonds is 25. The maximum atomic E-state index is 12.7. The van der Waals surface area contributed by atoms with Crippen LogP contribution in [0.5, 0.6) is 0 Å². The van der Waals surface area contributed by atoms with Crippen LogP contribution in [0.2, 0.25) is 0 Å². The van der Waals surface area contributed by atoms with Crippen molar-refractivity contribution in [2.45, 2.75) is 151 Å². The molecule has 4 aliphatic rings. The molecule has 4 aliphatic carbocycles. The minimum Gasteiger partial charge on any atom is -1.00 e. The first-order valence-electron chi connectivity index (χ1n) is 42.7. The molecule has 149 heavy (non-hydrogen) atoms. The summed E-state index contributed by atoms with van der Waals surface area (Å²) in [5, 5.41) is 38.1. The van der Waals surface area contributed by atoms with Crippen LogP contribution in [0.25, 0.3) is 17.0 Å². The molecule has 0 saturated heterocycles. The molecule has 42 nitrogen and oxygen atoms in total. The van der Waals surface area contributed by atoms with Crippen molar-refractivity contribution in [3.63, 3.8) is 0 Å². The van der Waals surface area contributed by atoms with E-state index in [1.807, 2.05) is 47.5 Å². The van der Waals surface area contributed by atoms with E-state index in [9.17, 15) is 78.6 Å². The minimum absolute atomic E-state index is 0. The number of esters is 1. The van der Waals surface area contributed by atoms with E-state index < -0.39 is 117 Å². The Hall–Kier alpha value is -10.8. The highest BCUT2D eigenvalue weighted by atomic mass is 127. The number of nitrogens with one attached hydrogen (secondary N) is 4. The number of carboxylic acids is 4. The molecule has 832 valence electrons. The summed E-state index contributed by atoms with van der Waals surface area (Å²) < 4.78 is 209. The summed E-state index contributed by atoms with van der Waals surface area (Å²) in [7, 11) is -2.70. The highest BCUT2D eigenvalue weighted by Crippen LogP contribution is 2.26. The number of alkyl halides is 2. The van der Waals surface area contributed by atoms with Gasteiger partial charge in [-0.1, -0.05) is 127 Å². The molecule has 56 heteroatoms. The third kappa shape index (κ3) is 76.4. The number of hydrogen-bond acceptors (Lipinski definition) is 29. The number of aryl methyl sites for hydroxylation is 9. The Balaban J connectivity index is -0.000000259. The lowest BCUT2D eigenvalue weighted by molar-refractivity contribution is -0.673. The minimum atomic E-state index is -4.33. The van der Waals surface area contributed by atoms with Crippen LogP contribution < -0.4 is 99.0 Å². The number of amides is 1. The molecule has 0 saturated carbocycles. The van der Waals surface area contributed by atoms with E-state index in [-0.39, 0.29) is 93.5 Å². The number of nitrogens with zero attached hydrogens (tertiary/aromatic N) is 7. The molecule has 6 heterocycles. The molecule has 1 amide bonds. The van der Waals surface area contributed by atoms with Crippen LogP contribution in [-0.2, 0) is 147 Å². The molecular formula is C93H130Cl5FIN13O29S7. The normalized spacial score (nSPS) is 12.1. The molecule has 0 bridgehead atoms. The van der Waals surface area contributed by atoms with Crippen molar-refractivity contribution in [3.8, 4) is 0 Å². The van der Waals surface area contributed by atoms with Crippen molar-refractivity contribution in [2.75, 3.05) is 58.0 Å². The van der Waals surface area contributed by atoms with E-state index in [0.29, 0.717) is 77.1 Å². The van der Waals surface area contributed by atoms with Crippen LogP contribution in [0.15, 0.2) is 259 Å². The number of pyridine rings is 6. The summed E-state index contributed by atoms with van der Waals surface area (Å²) in [6.07, 6.45) is 53.2. The second-order valence-corrected chi connectivity index (χ2v) is 42.9. The van der Waals surface area contributed by atoms with Gasteiger partial charge in [-0.2, -0.15) is 8.42 Å². The summed E-state index contributed by atoms with van der Waals surface area (Å²) >= 11 is 2.15. The summed E-state index contributed by atoms with van der Waals surface area (Å²) in [6.45, 7) is 26.3. The standard InChI is InChI=1S/C25H34N6O4S2.C14H23N3O4S.C11H11NO2.C7H9ClNO2S.C7H9NO3S.C7H6O2.C6H7NO3S.C5H6.4C2H4O2.CH3F.CH3I.CH4.Cl2OS.2ClH/c1-30-15-9-22(24(18-30)36(32,33)28-13-11-26)7-5-20-3-4-21(17-20)6-8-23-10-16-31(2)19-25(23)37(34,35)29-14-12-27;1-11-6-9-17(5)10-12(11)22(19,20)16-8-7-15-13(18)21-14(2,3)4;1-3-14-11(13)10(12-2)8-9-6-4-5-7-9;1-6-3-4-9(2)5-7(6)12(8,10)11;1-6-3-4-8(2)5-7(6)12(9,10)11;8-4-6-1-2-7(3-6)5-9;1-5-2-3-7-4-6(5)11(8,9)10;1-2-4-5-3-1;4*1-2(3)4;2*1-2;;1-4(2)3;;/h3-10,15-16,18-19,28-29H,11-14,17,26-27H2,1-2H3;6,9-10,16H,7-8H2,1-5H3;4-6,8H,3,7H2,1H3;2*3-5H,1-2H3;1-2,4-5H,3H2;2-4H,1H3,(H,8,9,10);1-4H,5H2;4*1H3,(H,3,4);2*1H3;1H4;;2*1H/q+2;;;+1;;;;;;;;;;;;;;/p-3/b7-5+,8-6+;;10-8-;;;;;;;;;;;;;;;/i;;;;;;;;;;;;1D;;;;;. The average molecular weight is 2440 g/mol. The van der Waals surface area contributed by atoms with E-state index in [0.717, 1.165) is 76.0 Å². The Labute approximate surface area is 916 Å². The second-order valence-electron chi connectivity index (χ2n) is 29.9. The smallest absolute Gasteiger partial charge is 0.407 e. The van der Waals surface area contributed by atoms with Gasteiger partial charge in [0.25, 0.3) is 24.9 Å². The van der Waals surface area contributed by atoms with Crippen LogP contribution in [0.1, 0.15) is 123 Å². The number of carboxylic acid groups (broad SMARTS) is 4. The first-order valence-corrected chi connectivity index (χ1v) is 56.6. The molecule has 0 radical (unpaired) electrons. The number of carbonyl (C=O) groups excluding carboxylic acids is 8. The number of ether oxygens (including phenoxy) is 2. The average Bonchev–Trinajstić information content (AvgIpc) is 1.19. The van der Waals surface area contributed by atoms with E-state index in [2.05, 4.69) is 109 Å². The largest absolute Gasteiger partial charge is 1.00 e. The lowest BCUT2D eigenvalue weighted by atomic mass is 10.1. The van der Waals surface area contributed by atoms with Gasteiger partial charge in [0, 0.05) is 129 Å². The van der Waals surface area contributed by atoms with E-state index >= 15 is 0 Å². The first kappa shape index (κ1) is 151. The van der Waals surface area contributed by atoms with Gasteiger partial charge in [-0.15, -0.1) is 0 Å². The lowest BCUT2D eigenvalue weighted by Crippen LogP contribution is -3.00. The van der Waals surface area contributed by atoms with Gasteiger partial charge >= 0.3 is 12.1 Å². The molecule has 11 N–H and O–H groups in total. The lowest BCUT2D eigenvalue weighted by Gasteiger charge is -2.19. The number of sulfonamides is 3. The first-order chi connectivity index (χ1) is 68.1. The number of aliphatic carboxylic acids is 4. The van der Waals surface area contributed by atoms with Gasteiger partial charge in [0.1, 0.15) is 83.1 Å². The molecule has 0 aliphatic heterocycles. The third-order valence-electron chi connectivity index (χ3n) is 16.2. The number of halogens is 7. The number of hydrogen-bond donors (Lipinski definition) is 7. The van der Waals surface area contributed by atoms with Crippen molar-refractivity contribution in [1.29, 1.82) is 0 Å². The number of aromatic nitrogens is 6. The van der Waals surface area contributed by atoms with Gasteiger partial charge in [-0.05, 0) is 164 Å². The fourth-order valence-electron chi connectivity index (χ4n) is 10.0. The van der Waals surface area contributed by atoms with Crippen LogP contribution in [0.4, 0.5) is 9.18 Å². The molecular weight excluding hydrogens is 2310 g/mol. The number of quaternary nitrogens is 2.